The number of amides is 3. The molecule has 0 radical (unpaired) electrons. The minimum absolute atomic E-state index is 0.0272. The number of hydrogen-bond donors (Lipinski definition) is 0. The van der Waals surface area contributed by atoms with E-state index in [2.05, 4.69) is 11.1 Å². The molecule has 31 heavy (non-hydrogen) atoms. The number of likely N-dealkylation sites (tertiary alicyclic amines) is 1. The van der Waals surface area contributed by atoms with Gasteiger partial charge < -0.3 is 19.3 Å². The van der Waals surface area contributed by atoms with Crippen LogP contribution in [0.2, 0.25) is 0 Å². The fraction of sp³-hybridized carbons (Fsp3) is 0.364. The van der Waals surface area contributed by atoms with Gasteiger partial charge in [0.1, 0.15) is 18.4 Å². The quantitative estimate of drug-likeness (QED) is 0.706. The number of nitriles is 1. The van der Waals surface area contributed by atoms with Gasteiger partial charge in [-0.3, -0.25) is 9.69 Å². The monoisotopic (exact) mass is 421 g/mol. The number of carbonyl (C=O) groups is 2. The number of carbonyl (C=O) groups excluding carboxylic acids is 2. The highest BCUT2D eigenvalue weighted by molar-refractivity contribution is 5.97. The second-order valence-corrected chi connectivity index (χ2v) is 7.39. The number of para-hydroxylation sites is 2. The molecule has 1 atom stereocenters. The normalized spacial score (nSPS) is 18.3. The molecule has 2 aromatic rings. The van der Waals surface area contributed by atoms with Crippen molar-refractivity contribution in [1.82, 2.24) is 14.8 Å². The van der Waals surface area contributed by atoms with Crippen LogP contribution in [0.3, 0.4) is 0 Å². The molecular weight excluding hydrogens is 398 g/mol. The Bertz CT molecular complexity index is 1020. The first-order valence-corrected chi connectivity index (χ1v) is 10.1. The van der Waals surface area contributed by atoms with Gasteiger partial charge in [0.2, 0.25) is 11.8 Å². The van der Waals surface area contributed by atoms with Crippen molar-refractivity contribution in [3.05, 3.63) is 48.2 Å². The molecule has 1 aromatic heterocycles. The molecule has 1 unspecified atom stereocenters. The van der Waals surface area contributed by atoms with Crippen molar-refractivity contribution in [3.63, 3.8) is 0 Å². The topological polar surface area (TPSA) is 99.0 Å². The molecule has 0 bridgehead atoms. The number of rotatable bonds is 6. The molecule has 2 saturated heterocycles. The van der Waals surface area contributed by atoms with Crippen molar-refractivity contribution in [2.24, 2.45) is 0 Å². The summed E-state index contributed by atoms with van der Waals surface area (Å²) in [5.41, 5.74) is 1.18. The highest BCUT2D eigenvalue weighted by Crippen LogP contribution is 2.30. The molecule has 3 heterocycles. The summed E-state index contributed by atoms with van der Waals surface area (Å²) >= 11 is 0. The van der Waals surface area contributed by atoms with Gasteiger partial charge in [-0.05, 0) is 18.2 Å². The standard InChI is InChI=1S/C22H23N5O4/c1-30-19-5-3-2-4-18(19)27-11-10-26(22(27)29)15-21(28)25-9-7-17(14-25)31-20-12-16(13-23)6-8-24-20/h2-6,8,12,17H,7,9-11,14-15H2,1H3. The third kappa shape index (κ3) is 4.38. The lowest BCUT2D eigenvalue weighted by molar-refractivity contribution is -0.130. The van der Waals surface area contributed by atoms with Gasteiger partial charge in [0.25, 0.3) is 0 Å². The maximum absolute atomic E-state index is 12.9. The number of anilines is 1. The van der Waals surface area contributed by atoms with Crippen molar-refractivity contribution in [2.45, 2.75) is 12.5 Å². The second-order valence-electron chi connectivity index (χ2n) is 7.39. The summed E-state index contributed by atoms with van der Waals surface area (Å²) in [4.78, 5) is 34.7. The molecule has 0 saturated carbocycles. The predicted octanol–water partition coefficient (Wildman–Crippen LogP) is 1.88. The van der Waals surface area contributed by atoms with E-state index in [9.17, 15) is 9.59 Å². The van der Waals surface area contributed by atoms with Crippen molar-refractivity contribution in [3.8, 4) is 17.7 Å². The molecule has 2 aliphatic heterocycles. The van der Waals surface area contributed by atoms with Crippen LogP contribution in [0, 0.1) is 11.3 Å². The minimum atomic E-state index is -0.206. The van der Waals surface area contributed by atoms with Crippen molar-refractivity contribution >= 4 is 17.6 Å². The van der Waals surface area contributed by atoms with E-state index in [0.29, 0.717) is 55.5 Å². The average Bonchev–Trinajstić information content (AvgIpc) is 3.41. The summed E-state index contributed by atoms with van der Waals surface area (Å²) in [5.74, 6) is 0.887. The summed E-state index contributed by atoms with van der Waals surface area (Å²) in [5, 5.41) is 8.99. The van der Waals surface area contributed by atoms with E-state index in [0.717, 1.165) is 0 Å². The molecule has 4 rings (SSSR count). The summed E-state index contributed by atoms with van der Waals surface area (Å²) in [6.45, 7) is 1.98. The fourth-order valence-electron chi connectivity index (χ4n) is 3.83. The summed E-state index contributed by atoms with van der Waals surface area (Å²) < 4.78 is 11.2. The van der Waals surface area contributed by atoms with Gasteiger partial charge in [-0.15, -0.1) is 0 Å². The van der Waals surface area contributed by atoms with E-state index in [1.165, 1.54) is 6.20 Å². The maximum Gasteiger partial charge on any atom is 0.325 e. The van der Waals surface area contributed by atoms with Crippen LogP contribution in [-0.4, -0.2) is 72.7 Å². The summed E-state index contributed by atoms with van der Waals surface area (Å²) in [6.07, 6.45) is 2.01. The Morgan fingerprint density at radius 3 is 2.90 bits per heavy atom. The molecule has 0 spiro atoms. The lowest BCUT2D eigenvalue weighted by atomic mass is 10.2. The summed E-state index contributed by atoms with van der Waals surface area (Å²) in [7, 11) is 1.57. The first kappa shape index (κ1) is 20.5. The van der Waals surface area contributed by atoms with Gasteiger partial charge >= 0.3 is 6.03 Å². The predicted molar refractivity (Wildman–Crippen MR) is 112 cm³/mol. The Kier molecular flexibility index (Phi) is 5.89. The van der Waals surface area contributed by atoms with E-state index in [-0.39, 0.29) is 24.6 Å². The van der Waals surface area contributed by atoms with E-state index >= 15 is 0 Å². The van der Waals surface area contributed by atoms with Crippen molar-refractivity contribution < 1.29 is 19.1 Å². The number of benzene rings is 1. The molecule has 2 aliphatic rings. The second kappa shape index (κ2) is 8.92. The SMILES string of the molecule is COc1ccccc1N1CCN(CC(=O)N2CCC(Oc3cc(C#N)ccn3)C2)C1=O. The van der Waals surface area contributed by atoms with Crippen LogP contribution in [0.25, 0.3) is 0 Å². The van der Waals surface area contributed by atoms with Crippen LogP contribution in [0.15, 0.2) is 42.6 Å². The molecule has 9 heteroatoms. The zero-order valence-electron chi connectivity index (χ0n) is 17.2. The van der Waals surface area contributed by atoms with Gasteiger partial charge in [0, 0.05) is 38.3 Å². The zero-order chi connectivity index (χ0) is 21.8. The number of ether oxygens (including phenoxy) is 2. The Morgan fingerprint density at radius 2 is 2.10 bits per heavy atom. The Hall–Kier alpha value is -3.80. The van der Waals surface area contributed by atoms with Crippen molar-refractivity contribution in [2.75, 3.05) is 44.7 Å². The lowest BCUT2D eigenvalue weighted by Crippen LogP contribution is -2.42. The first-order chi connectivity index (χ1) is 15.1. The number of methoxy groups -OCH3 is 1. The molecule has 0 aliphatic carbocycles. The Balaban J connectivity index is 1.33. The fourth-order valence-corrected chi connectivity index (χ4v) is 3.83. The number of urea groups is 1. The number of aromatic nitrogens is 1. The van der Waals surface area contributed by atoms with E-state index in [4.69, 9.17) is 14.7 Å². The van der Waals surface area contributed by atoms with Gasteiger partial charge in [0.05, 0.1) is 31.0 Å². The smallest absolute Gasteiger partial charge is 0.325 e. The molecule has 3 amide bonds. The number of pyridine rings is 1. The van der Waals surface area contributed by atoms with E-state index in [1.807, 2.05) is 24.3 Å². The average molecular weight is 421 g/mol. The van der Waals surface area contributed by atoms with Gasteiger partial charge in [-0.25, -0.2) is 9.78 Å². The van der Waals surface area contributed by atoms with Crippen LogP contribution >= 0.6 is 0 Å². The Morgan fingerprint density at radius 1 is 1.26 bits per heavy atom. The highest BCUT2D eigenvalue weighted by Gasteiger charge is 2.35. The highest BCUT2D eigenvalue weighted by atomic mass is 16.5. The van der Waals surface area contributed by atoms with Crippen LogP contribution in [0.4, 0.5) is 10.5 Å². The molecule has 160 valence electrons. The van der Waals surface area contributed by atoms with Crippen LogP contribution in [0.1, 0.15) is 12.0 Å². The van der Waals surface area contributed by atoms with Crippen LogP contribution < -0.4 is 14.4 Å². The molecule has 1 aromatic carbocycles. The van der Waals surface area contributed by atoms with Crippen LogP contribution in [-0.2, 0) is 4.79 Å². The van der Waals surface area contributed by atoms with E-state index in [1.54, 1.807) is 33.9 Å². The molecule has 9 nitrogen and oxygen atoms in total. The van der Waals surface area contributed by atoms with Gasteiger partial charge in [0.15, 0.2) is 0 Å². The number of nitrogens with zero attached hydrogens (tertiary/aromatic N) is 5. The minimum Gasteiger partial charge on any atom is -0.495 e. The van der Waals surface area contributed by atoms with E-state index < -0.39 is 0 Å². The molecule has 0 N–H and O–H groups in total. The third-order valence-electron chi connectivity index (χ3n) is 5.45. The maximum atomic E-state index is 12.9. The lowest BCUT2D eigenvalue weighted by Gasteiger charge is -2.22. The zero-order valence-corrected chi connectivity index (χ0v) is 17.2. The molecule has 2 fully saturated rings. The van der Waals surface area contributed by atoms with Crippen molar-refractivity contribution in [1.29, 1.82) is 5.26 Å². The summed E-state index contributed by atoms with van der Waals surface area (Å²) in [6, 6.07) is 12.4. The van der Waals surface area contributed by atoms with Crippen LogP contribution in [0.5, 0.6) is 11.6 Å². The number of hydrogen-bond acceptors (Lipinski definition) is 6. The molecular formula is C22H23N5O4. The Labute approximate surface area is 180 Å². The van der Waals surface area contributed by atoms with Gasteiger partial charge in [-0.1, -0.05) is 12.1 Å². The van der Waals surface area contributed by atoms with Gasteiger partial charge in [-0.2, -0.15) is 5.26 Å². The first-order valence-electron chi connectivity index (χ1n) is 10.1. The third-order valence-corrected chi connectivity index (χ3v) is 5.45. The largest absolute Gasteiger partial charge is 0.495 e.